The van der Waals surface area contributed by atoms with Gasteiger partial charge in [-0.05, 0) is 38.2 Å². The van der Waals surface area contributed by atoms with Crippen LogP contribution in [0.4, 0.5) is 0 Å². The molecule has 0 aliphatic carbocycles. The van der Waals surface area contributed by atoms with Crippen molar-refractivity contribution in [1.82, 2.24) is 14.8 Å². The first-order chi connectivity index (χ1) is 12.6. The predicted molar refractivity (Wildman–Crippen MR) is 103 cm³/mol. The van der Waals surface area contributed by atoms with Crippen molar-refractivity contribution in [2.75, 3.05) is 47.4 Å². The Morgan fingerprint density at radius 1 is 1.15 bits per heavy atom. The number of benzene rings is 1. The molecule has 1 amide bonds. The van der Waals surface area contributed by atoms with E-state index in [2.05, 4.69) is 16.9 Å². The van der Waals surface area contributed by atoms with Gasteiger partial charge >= 0.3 is 0 Å². The van der Waals surface area contributed by atoms with Crippen LogP contribution in [0, 0.1) is 0 Å². The summed E-state index contributed by atoms with van der Waals surface area (Å²) in [5.74, 6) is 1.52. The van der Waals surface area contributed by atoms with Crippen molar-refractivity contribution in [3.63, 3.8) is 0 Å². The maximum Gasteiger partial charge on any atom is 0.228 e. The van der Waals surface area contributed by atoms with E-state index >= 15 is 0 Å². The first kappa shape index (κ1) is 18.7. The molecule has 0 unspecified atom stereocenters. The second-order valence-corrected chi connectivity index (χ2v) is 7.29. The first-order valence-corrected chi connectivity index (χ1v) is 9.62. The van der Waals surface area contributed by atoms with Gasteiger partial charge in [0.05, 0.1) is 26.3 Å². The average molecular weight is 375 g/mol. The van der Waals surface area contributed by atoms with Crippen LogP contribution in [0.15, 0.2) is 23.6 Å². The van der Waals surface area contributed by atoms with Crippen molar-refractivity contribution < 1.29 is 14.3 Å². The van der Waals surface area contributed by atoms with Crippen molar-refractivity contribution in [2.24, 2.45) is 0 Å². The number of carbonyl (C=O) groups excluding carboxylic acids is 1. The van der Waals surface area contributed by atoms with Crippen LogP contribution in [0.3, 0.4) is 0 Å². The van der Waals surface area contributed by atoms with Crippen molar-refractivity contribution in [1.29, 1.82) is 0 Å². The second-order valence-electron chi connectivity index (χ2n) is 6.43. The minimum Gasteiger partial charge on any atom is -0.493 e. The lowest BCUT2D eigenvalue weighted by Gasteiger charge is -2.20. The number of hydrogen-bond acceptors (Lipinski definition) is 6. The highest BCUT2D eigenvalue weighted by atomic mass is 32.1. The summed E-state index contributed by atoms with van der Waals surface area (Å²) in [5.41, 5.74) is 1.78. The van der Waals surface area contributed by atoms with Gasteiger partial charge in [-0.25, -0.2) is 4.98 Å². The Morgan fingerprint density at radius 2 is 1.96 bits per heavy atom. The molecule has 0 saturated carbocycles. The van der Waals surface area contributed by atoms with Gasteiger partial charge in [-0.2, -0.15) is 0 Å². The summed E-state index contributed by atoms with van der Waals surface area (Å²) >= 11 is 1.54. The molecule has 26 heavy (non-hydrogen) atoms. The van der Waals surface area contributed by atoms with E-state index in [1.165, 1.54) is 0 Å². The van der Waals surface area contributed by atoms with Crippen LogP contribution < -0.4 is 9.47 Å². The summed E-state index contributed by atoms with van der Waals surface area (Å²) in [4.78, 5) is 21.5. The van der Waals surface area contributed by atoms with Gasteiger partial charge in [0.15, 0.2) is 11.5 Å². The number of methoxy groups -OCH3 is 2. The van der Waals surface area contributed by atoms with Gasteiger partial charge in [-0.15, -0.1) is 11.3 Å². The van der Waals surface area contributed by atoms with E-state index in [1.54, 1.807) is 25.6 Å². The number of thiazole rings is 1. The van der Waals surface area contributed by atoms with Crippen molar-refractivity contribution >= 4 is 17.2 Å². The zero-order valence-electron chi connectivity index (χ0n) is 15.5. The molecule has 0 bridgehead atoms. The number of aromatic nitrogens is 1. The van der Waals surface area contributed by atoms with E-state index in [0.717, 1.165) is 48.9 Å². The van der Waals surface area contributed by atoms with Crippen molar-refractivity contribution in [3.8, 4) is 22.1 Å². The molecule has 0 radical (unpaired) electrons. The number of likely N-dealkylation sites (N-methyl/N-ethyl adjacent to an activating group) is 1. The molecule has 0 N–H and O–H groups in total. The van der Waals surface area contributed by atoms with Crippen LogP contribution in [-0.4, -0.2) is 68.1 Å². The fourth-order valence-electron chi connectivity index (χ4n) is 3.05. The molecule has 2 heterocycles. The summed E-state index contributed by atoms with van der Waals surface area (Å²) in [6.07, 6.45) is 1.38. The maximum atomic E-state index is 12.6. The number of rotatable bonds is 5. The second kappa shape index (κ2) is 8.51. The summed E-state index contributed by atoms with van der Waals surface area (Å²) in [6.45, 7) is 3.60. The monoisotopic (exact) mass is 375 g/mol. The molecule has 1 saturated heterocycles. The largest absolute Gasteiger partial charge is 0.493 e. The molecule has 1 aliphatic heterocycles. The zero-order chi connectivity index (χ0) is 18.5. The SMILES string of the molecule is COc1ccc(-c2nc(CC(=O)N3CCCN(C)CC3)cs2)cc1OC. The number of nitrogens with zero attached hydrogens (tertiary/aromatic N) is 3. The van der Waals surface area contributed by atoms with E-state index in [4.69, 9.17) is 9.47 Å². The fraction of sp³-hybridized carbons (Fsp3) is 0.474. The Balaban J connectivity index is 1.69. The Morgan fingerprint density at radius 3 is 2.73 bits per heavy atom. The van der Waals surface area contributed by atoms with Gasteiger partial charge in [0.1, 0.15) is 5.01 Å². The third kappa shape index (κ3) is 4.34. The Bertz CT molecular complexity index is 762. The van der Waals surface area contributed by atoms with Crippen molar-refractivity contribution in [3.05, 3.63) is 29.3 Å². The van der Waals surface area contributed by atoms with Crippen LogP contribution in [0.5, 0.6) is 11.5 Å². The Labute approximate surface area is 158 Å². The number of hydrogen-bond donors (Lipinski definition) is 0. The molecule has 0 atom stereocenters. The molecule has 1 aromatic heterocycles. The van der Waals surface area contributed by atoms with Gasteiger partial charge < -0.3 is 19.3 Å². The maximum absolute atomic E-state index is 12.6. The van der Waals surface area contributed by atoms with Gasteiger partial charge in [0, 0.05) is 30.6 Å². The number of carbonyl (C=O) groups is 1. The van der Waals surface area contributed by atoms with Crippen LogP contribution >= 0.6 is 11.3 Å². The highest BCUT2D eigenvalue weighted by Gasteiger charge is 2.19. The van der Waals surface area contributed by atoms with Crippen LogP contribution in [0.25, 0.3) is 10.6 Å². The van der Waals surface area contributed by atoms with Gasteiger partial charge in [-0.3, -0.25) is 4.79 Å². The fourth-order valence-corrected chi connectivity index (χ4v) is 3.87. The summed E-state index contributed by atoms with van der Waals surface area (Å²) in [6, 6.07) is 5.73. The Kier molecular flexibility index (Phi) is 6.11. The summed E-state index contributed by atoms with van der Waals surface area (Å²) in [5, 5.41) is 2.85. The van der Waals surface area contributed by atoms with Crippen LogP contribution in [0.2, 0.25) is 0 Å². The minimum absolute atomic E-state index is 0.157. The quantitative estimate of drug-likeness (QED) is 0.804. The smallest absolute Gasteiger partial charge is 0.228 e. The van der Waals surface area contributed by atoms with E-state index < -0.39 is 0 Å². The van der Waals surface area contributed by atoms with Gasteiger partial charge in [0.2, 0.25) is 5.91 Å². The first-order valence-electron chi connectivity index (χ1n) is 8.74. The highest BCUT2D eigenvalue weighted by Crippen LogP contribution is 2.33. The molecular formula is C19H25N3O3S. The lowest BCUT2D eigenvalue weighted by Crippen LogP contribution is -2.35. The summed E-state index contributed by atoms with van der Waals surface area (Å²) < 4.78 is 10.6. The van der Waals surface area contributed by atoms with Gasteiger partial charge in [-0.1, -0.05) is 0 Å². The molecule has 2 aromatic rings. The van der Waals surface area contributed by atoms with Gasteiger partial charge in [0.25, 0.3) is 0 Å². The third-order valence-corrected chi connectivity index (χ3v) is 5.53. The minimum atomic E-state index is 0.157. The third-order valence-electron chi connectivity index (χ3n) is 4.59. The van der Waals surface area contributed by atoms with E-state index in [0.29, 0.717) is 17.9 Å². The molecule has 1 fully saturated rings. The average Bonchev–Trinajstić information content (AvgIpc) is 3.00. The topological polar surface area (TPSA) is 54.9 Å². The molecule has 1 aliphatic rings. The lowest BCUT2D eigenvalue weighted by atomic mass is 10.2. The molecule has 140 valence electrons. The van der Waals surface area contributed by atoms with Crippen molar-refractivity contribution in [2.45, 2.75) is 12.8 Å². The van der Waals surface area contributed by atoms with E-state index in [9.17, 15) is 4.79 Å². The highest BCUT2D eigenvalue weighted by molar-refractivity contribution is 7.13. The zero-order valence-corrected chi connectivity index (χ0v) is 16.3. The molecular weight excluding hydrogens is 350 g/mol. The standard InChI is InChI=1S/C19H25N3O3S/c1-21-7-4-8-22(10-9-21)18(23)12-15-13-26-19(20-15)14-5-6-16(24-2)17(11-14)25-3/h5-6,11,13H,4,7-10,12H2,1-3H3. The van der Waals surface area contributed by atoms with E-state index in [1.807, 2.05) is 28.5 Å². The molecule has 7 heteroatoms. The molecule has 6 nitrogen and oxygen atoms in total. The molecule has 1 aromatic carbocycles. The Hall–Kier alpha value is -2.12. The lowest BCUT2D eigenvalue weighted by molar-refractivity contribution is -0.130. The number of amides is 1. The number of ether oxygens (including phenoxy) is 2. The summed E-state index contributed by atoms with van der Waals surface area (Å²) in [7, 11) is 5.33. The van der Waals surface area contributed by atoms with Crippen LogP contribution in [-0.2, 0) is 11.2 Å². The normalized spacial score (nSPS) is 15.6. The van der Waals surface area contributed by atoms with Crippen LogP contribution in [0.1, 0.15) is 12.1 Å². The predicted octanol–water partition coefficient (Wildman–Crippen LogP) is 2.53. The molecule has 0 spiro atoms. The van der Waals surface area contributed by atoms with E-state index in [-0.39, 0.29) is 5.91 Å². The molecule has 3 rings (SSSR count).